The average molecular weight is 324 g/mol. The van der Waals surface area contributed by atoms with E-state index in [0.29, 0.717) is 12.6 Å². The van der Waals surface area contributed by atoms with Crippen molar-refractivity contribution in [2.75, 3.05) is 20.3 Å². The van der Waals surface area contributed by atoms with E-state index in [9.17, 15) is 8.42 Å². The van der Waals surface area contributed by atoms with E-state index in [-0.39, 0.29) is 6.61 Å². The molecule has 21 heavy (non-hydrogen) atoms. The molecule has 126 valence electrons. The third-order valence-corrected chi connectivity index (χ3v) is 3.23. The number of hydrogen-bond acceptors (Lipinski definition) is 6. The minimum Gasteiger partial charge on any atom is -0.357 e. The largest absolute Gasteiger partial charge is 0.397 e. The summed E-state index contributed by atoms with van der Waals surface area (Å²) in [6.45, 7) is 6.90. The molecule has 0 spiro atoms. The fourth-order valence-corrected chi connectivity index (χ4v) is 2.05. The quantitative estimate of drug-likeness (QED) is 0.542. The minimum atomic E-state index is -4.20. The van der Waals surface area contributed by atoms with Crippen molar-refractivity contribution in [2.45, 2.75) is 52.6 Å². The molecule has 1 aliphatic rings. The SMILES string of the molecule is CCCC1N(C)C=CN1OCC.CCCCOS(=O)(=O)O. The van der Waals surface area contributed by atoms with Crippen LogP contribution in [-0.2, 0) is 19.4 Å². The Balaban J connectivity index is 0.000000400. The van der Waals surface area contributed by atoms with Gasteiger partial charge in [-0.1, -0.05) is 26.7 Å². The number of hydrogen-bond donors (Lipinski definition) is 1. The van der Waals surface area contributed by atoms with Gasteiger partial charge >= 0.3 is 10.4 Å². The summed E-state index contributed by atoms with van der Waals surface area (Å²) in [6, 6.07) is 0. The first kappa shape index (κ1) is 20.2. The third kappa shape index (κ3) is 9.67. The van der Waals surface area contributed by atoms with Crippen molar-refractivity contribution in [1.82, 2.24) is 9.96 Å². The van der Waals surface area contributed by atoms with E-state index >= 15 is 0 Å². The lowest BCUT2D eigenvalue weighted by atomic mass is 10.3. The van der Waals surface area contributed by atoms with E-state index in [4.69, 9.17) is 9.39 Å². The lowest BCUT2D eigenvalue weighted by Crippen LogP contribution is -2.36. The van der Waals surface area contributed by atoms with Crippen molar-refractivity contribution >= 4 is 10.4 Å². The molecule has 1 rings (SSSR count). The van der Waals surface area contributed by atoms with Crippen LogP contribution in [0.15, 0.2) is 12.4 Å². The highest BCUT2D eigenvalue weighted by Crippen LogP contribution is 2.18. The van der Waals surface area contributed by atoms with Crippen LogP contribution in [0.2, 0.25) is 0 Å². The molecule has 0 amide bonds. The molecule has 8 heteroatoms. The van der Waals surface area contributed by atoms with Crippen LogP contribution in [0.5, 0.6) is 0 Å². The average Bonchev–Trinajstić information content (AvgIpc) is 2.72. The molecule has 1 atom stereocenters. The topological polar surface area (TPSA) is 79.3 Å². The van der Waals surface area contributed by atoms with Crippen molar-refractivity contribution in [1.29, 1.82) is 0 Å². The maximum absolute atomic E-state index is 9.84. The molecule has 0 aromatic rings. The van der Waals surface area contributed by atoms with Crippen molar-refractivity contribution in [2.24, 2.45) is 0 Å². The Morgan fingerprint density at radius 3 is 2.33 bits per heavy atom. The van der Waals surface area contributed by atoms with Gasteiger partial charge in [0.15, 0.2) is 0 Å². The molecule has 1 aliphatic heterocycles. The van der Waals surface area contributed by atoms with Gasteiger partial charge in [-0.25, -0.2) is 9.25 Å². The Bertz CT molecular complexity index is 386. The van der Waals surface area contributed by atoms with Crippen molar-refractivity contribution in [3.8, 4) is 0 Å². The van der Waals surface area contributed by atoms with Crippen LogP contribution < -0.4 is 0 Å². The lowest BCUT2D eigenvalue weighted by molar-refractivity contribution is -0.159. The summed E-state index contributed by atoms with van der Waals surface area (Å²) in [5.74, 6) is 0. The van der Waals surface area contributed by atoms with Crippen molar-refractivity contribution in [3.63, 3.8) is 0 Å². The third-order valence-electron chi connectivity index (χ3n) is 2.77. The summed E-state index contributed by atoms with van der Waals surface area (Å²) in [4.78, 5) is 7.62. The highest BCUT2D eigenvalue weighted by molar-refractivity contribution is 7.80. The fourth-order valence-electron chi connectivity index (χ4n) is 1.72. The maximum Gasteiger partial charge on any atom is 0.397 e. The van der Waals surface area contributed by atoms with Gasteiger partial charge in [0.25, 0.3) is 0 Å². The Hall–Kier alpha value is -0.830. The van der Waals surface area contributed by atoms with E-state index in [1.54, 1.807) is 0 Å². The van der Waals surface area contributed by atoms with Crippen LogP contribution in [0, 0.1) is 0 Å². The summed E-state index contributed by atoms with van der Waals surface area (Å²) in [5.41, 5.74) is 0. The monoisotopic (exact) mass is 324 g/mol. The van der Waals surface area contributed by atoms with Crippen LogP contribution >= 0.6 is 0 Å². The Kier molecular flexibility index (Phi) is 10.4. The summed E-state index contributed by atoms with van der Waals surface area (Å²) < 4.78 is 31.7. The minimum absolute atomic E-state index is 0.0648. The molecule has 0 aromatic heterocycles. The molecular weight excluding hydrogens is 296 g/mol. The number of unbranched alkanes of at least 4 members (excludes halogenated alkanes) is 1. The second kappa shape index (κ2) is 10.8. The van der Waals surface area contributed by atoms with Gasteiger partial charge in [0.05, 0.1) is 13.2 Å². The van der Waals surface area contributed by atoms with Crippen molar-refractivity contribution in [3.05, 3.63) is 12.4 Å². The first-order valence-corrected chi connectivity index (χ1v) is 8.65. The molecule has 0 saturated heterocycles. The van der Waals surface area contributed by atoms with E-state index in [2.05, 4.69) is 29.3 Å². The molecule has 0 saturated carbocycles. The van der Waals surface area contributed by atoms with Gasteiger partial charge in [0.1, 0.15) is 6.17 Å². The standard InChI is InChI=1S/C9H18N2O.C4H10O4S/c1-4-6-9-10(3)7-8-11(9)12-5-2;1-2-3-4-8-9(5,6)7/h7-9H,4-6H2,1-3H3;2-4H2,1H3,(H,5,6,7). The molecule has 0 bridgehead atoms. The molecule has 1 heterocycles. The smallest absolute Gasteiger partial charge is 0.357 e. The normalized spacial score (nSPS) is 17.9. The highest BCUT2D eigenvalue weighted by atomic mass is 32.3. The van der Waals surface area contributed by atoms with Gasteiger partial charge in [0, 0.05) is 19.4 Å². The molecular formula is C13H28N2O5S. The second-order valence-corrected chi connectivity index (χ2v) is 5.70. The predicted molar refractivity (Wildman–Crippen MR) is 81.5 cm³/mol. The van der Waals surface area contributed by atoms with E-state index in [1.165, 1.54) is 6.42 Å². The maximum atomic E-state index is 9.84. The summed E-state index contributed by atoms with van der Waals surface area (Å²) in [7, 11) is -2.12. The first-order valence-electron chi connectivity index (χ1n) is 7.29. The van der Waals surface area contributed by atoms with Crippen LogP contribution in [0.3, 0.4) is 0 Å². The number of hydroxylamine groups is 2. The Morgan fingerprint density at radius 1 is 1.19 bits per heavy atom. The molecule has 0 radical (unpaired) electrons. The van der Waals surface area contributed by atoms with Crippen LogP contribution in [0.4, 0.5) is 0 Å². The van der Waals surface area contributed by atoms with Gasteiger partial charge in [-0.05, 0) is 19.8 Å². The zero-order valence-electron chi connectivity index (χ0n) is 13.4. The van der Waals surface area contributed by atoms with Crippen LogP contribution in [0.25, 0.3) is 0 Å². The molecule has 0 fully saturated rings. The van der Waals surface area contributed by atoms with E-state index in [1.807, 2.05) is 25.1 Å². The zero-order chi connectivity index (χ0) is 16.3. The molecule has 7 nitrogen and oxygen atoms in total. The van der Waals surface area contributed by atoms with E-state index in [0.717, 1.165) is 19.4 Å². The van der Waals surface area contributed by atoms with Gasteiger partial charge in [-0.3, -0.25) is 9.39 Å². The fraction of sp³-hybridized carbons (Fsp3) is 0.846. The molecule has 0 aliphatic carbocycles. The summed E-state index contributed by atoms with van der Waals surface area (Å²) >= 11 is 0. The summed E-state index contributed by atoms with van der Waals surface area (Å²) in [5, 5.41) is 1.93. The van der Waals surface area contributed by atoms with Crippen LogP contribution in [-0.4, -0.2) is 49.4 Å². The Morgan fingerprint density at radius 2 is 1.86 bits per heavy atom. The molecule has 1 N–H and O–H groups in total. The van der Waals surface area contributed by atoms with Gasteiger partial charge in [-0.15, -0.1) is 0 Å². The lowest BCUT2D eigenvalue weighted by Gasteiger charge is -2.28. The molecule has 1 unspecified atom stereocenters. The summed E-state index contributed by atoms with van der Waals surface area (Å²) in [6.07, 6.45) is 8.24. The van der Waals surface area contributed by atoms with Gasteiger partial charge in [0.2, 0.25) is 0 Å². The van der Waals surface area contributed by atoms with Gasteiger partial charge in [-0.2, -0.15) is 8.42 Å². The first-order chi connectivity index (χ1) is 9.85. The highest BCUT2D eigenvalue weighted by Gasteiger charge is 2.22. The van der Waals surface area contributed by atoms with E-state index < -0.39 is 10.4 Å². The van der Waals surface area contributed by atoms with Gasteiger partial charge < -0.3 is 4.90 Å². The molecule has 0 aromatic carbocycles. The predicted octanol–water partition coefficient (Wildman–Crippen LogP) is 2.39. The number of rotatable bonds is 8. The van der Waals surface area contributed by atoms with Crippen molar-refractivity contribution < 1.29 is 22.0 Å². The Labute approximate surface area is 128 Å². The number of nitrogens with zero attached hydrogens (tertiary/aromatic N) is 2. The zero-order valence-corrected chi connectivity index (χ0v) is 14.2. The van der Waals surface area contributed by atoms with Crippen LogP contribution in [0.1, 0.15) is 46.5 Å². The second-order valence-electron chi connectivity index (χ2n) is 4.61.